The van der Waals surface area contributed by atoms with Gasteiger partial charge in [0.1, 0.15) is 11.7 Å². The zero-order valence-corrected chi connectivity index (χ0v) is 18.9. The number of benzene rings is 1. The Balaban J connectivity index is 2.07. The number of hydrogen-bond donors (Lipinski definition) is 4. The van der Waals surface area contributed by atoms with Crippen LogP contribution in [0.25, 0.3) is 0 Å². The number of carbonyl (C=O) groups is 1. The Labute approximate surface area is 187 Å². The topological polar surface area (TPSA) is 118 Å². The maximum atomic E-state index is 13.1. The van der Waals surface area contributed by atoms with E-state index in [1.165, 1.54) is 30.5 Å². The van der Waals surface area contributed by atoms with E-state index in [2.05, 4.69) is 34.9 Å². The summed E-state index contributed by atoms with van der Waals surface area (Å²) >= 11 is 1.83. The van der Waals surface area contributed by atoms with E-state index >= 15 is 0 Å². The molecule has 5 N–H and O–H groups in total. The zero-order valence-electron chi connectivity index (χ0n) is 18.1. The third kappa shape index (κ3) is 7.26. The molecule has 1 amide bonds. The summed E-state index contributed by atoms with van der Waals surface area (Å²) in [5, 5.41) is 23.6. The van der Waals surface area contributed by atoms with Crippen molar-refractivity contribution in [1.82, 2.24) is 10.2 Å². The summed E-state index contributed by atoms with van der Waals surface area (Å²) in [7, 11) is 2.14. The van der Waals surface area contributed by atoms with Crippen LogP contribution < -0.4 is 16.4 Å². The van der Waals surface area contributed by atoms with Crippen LogP contribution >= 0.6 is 11.8 Å². The van der Waals surface area contributed by atoms with Crippen LogP contribution in [0.15, 0.2) is 36.0 Å². The second kappa shape index (κ2) is 11.7. The minimum atomic E-state index is -0.760. The molecule has 0 radical (unpaired) electrons. The average Bonchev–Trinajstić information content (AvgIpc) is 2.74. The summed E-state index contributed by atoms with van der Waals surface area (Å²) in [5.74, 6) is -0.255. The second-order valence-electron chi connectivity index (χ2n) is 7.89. The summed E-state index contributed by atoms with van der Waals surface area (Å²) in [5.41, 5.74) is 5.48. The number of nitrogens with zero attached hydrogens (tertiary/aromatic N) is 2. The molecule has 0 bridgehead atoms. The molecule has 1 fully saturated rings. The van der Waals surface area contributed by atoms with Crippen molar-refractivity contribution in [3.63, 3.8) is 0 Å². The lowest BCUT2D eigenvalue weighted by atomic mass is 9.77. The summed E-state index contributed by atoms with van der Waals surface area (Å²) in [6.07, 6.45) is 7.31. The third-order valence-electron chi connectivity index (χ3n) is 5.77. The Hall–Kier alpha value is -2.57. The molecule has 31 heavy (non-hydrogen) atoms. The lowest BCUT2D eigenvalue weighted by Crippen LogP contribution is -2.49. The molecule has 1 saturated carbocycles. The number of thioether (sulfide) groups is 1. The highest BCUT2D eigenvalue weighted by atomic mass is 32.2. The predicted octanol–water partition coefficient (Wildman–Crippen LogP) is 3.06. The Morgan fingerprint density at radius 3 is 2.61 bits per heavy atom. The van der Waals surface area contributed by atoms with Gasteiger partial charge < -0.3 is 21.3 Å². The van der Waals surface area contributed by atoms with Crippen molar-refractivity contribution in [3.05, 3.63) is 41.9 Å². The van der Waals surface area contributed by atoms with Crippen LogP contribution in [0.5, 0.6) is 0 Å². The van der Waals surface area contributed by atoms with Crippen molar-refractivity contribution in [3.8, 4) is 6.07 Å². The molecule has 1 aliphatic rings. The molecule has 1 aromatic carbocycles. The van der Waals surface area contributed by atoms with Gasteiger partial charge in [0.2, 0.25) is 0 Å². The van der Waals surface area contributed by atoms with E-state index in [4.69, 9.17) is 11.1 Å². The van der Waals surface area contributed by atoms with Gasteiger partial charge in [-0.2, -0.15) is 17.0 Å². The first-order valence-corrected chi connectivity index (χ1v) is 11.6. The van der Waals surface area contributed by atoms with Crippen molar-refractivity contribution < 1.29 is 9.18 Å². The van der Waals surface area contributed by atoms with Gasteiger partial charge in [-0.25, -0.2) is 4.39 Å². The fraction of sp³-hybridized carbons (Fsp3) is 0.500. The number of carbonyl (C=O) groups excluding carboxylic acids is 1. The minimum absolute atomic E-state index is 0.0270. The first kappa shape index (κ1) is 24.7. The highest BCUT2D eigenvalue weighted by Gasteiger charge is 2.36. The molecule has 0 spiro atoms. The van der Waals surface area contributed by atoms with Gasteiger partial charge in [-0.15, -0.1) is 0 Å². The number of nitrogens with one attached hydrogen (secondary N) is 3. The van der Waals surface area contributed by atoms with Gasteiger partial charge in [0, 0.05) is 35.8 Å². The highest BCUT2D eigenvalue weighted by molar-refractivity contribution is 7.98. The monoisotopic (exact) mass is 446 g/mol. The SMILES string of the molecule is CSCCN(C)C1CCC(CC#N)(N/C=C(\C(=N)Nc2ccc(F)cc2)C(N)=O)CC1. The number of nitriles is 1. The molecule has 0 aromatic heterocycles. The van der Waals surface area contributed by atoms with Crippen molar-refractivity contribution in [2.24, 2.45) is 5.73 Å². The summed E-state index contributed by atoms with van der Waals surface area (Å²) in [4.78, 5) is 14.3. The van der Waals surface area contributed by atoms with Crippen molar-refractivity contribution >= 4 is 29.2 Å². The fourth-order valence-electron chi connectivity index (χ4n) is 3.77. The molecule has 7 nitrogen and oxygen atoms in total. The quantitative estimate of drug-likeness (QED) is 0.249. The molecule has 9 heteroatoms. The number of anilines is 1. The molecule has 2 rings (SSSR count). The fourth-order valence-corrected chi connectivity index (χ4v) is 4.24. The van der Waals surface area contributed by atoms with Gasteiger partial charge in [0.25, 0.3) is 5.91 Å². The van der Waals surface area contributed by atoms with Gasteiger partial charge in [-0.1, -0.05) is 0 Å². The van der Waals surface area contributed by atoms with E-state index in [1.807, 2.05) is 11.8 Å². The van der Waals surface area contributed by atoms with Crippen LogP contribution in [-0.4, -0.2) is 53.8 Å². The largest absolute Gasteiger partial charge is 0.384 e. The molecule has 1 aromatic rings. The van der Waals surface area contributed by atoms with Crippen molar-refractivity contribution in [2.45, 2.75) is 43.7 Å². The minimum Gasteiger partial charge on any atom is -0.384 e. The van der Waals surface area contributed by atoms with Crippen molar-refractivity contribution in [1.29, 1.82) is 10.7 Å². The first-order chi connectivity index (χ1) is 14.8. The third-order valence-corrected chi connectivity index (χ3v) is 6.36. The Morgan fingerprint density at radius 1 is 1.42 bits per heavy atom. The maximum Gasteiger partial charge on any atom is 0.253 e. The number of amides is 1. The Morgan fingerprint density at radius 2 is 2.06 bits per heavy atom. The molecular weight excluding hydrogens is 415 g/mol. The van der Waals surface area contributed by atoms with E-state index in [9.17, 15) is 14.4 Å². The van der Waals surface area contributed by atoms with E-state index < -0.39 is 17.3 Å². The molecule has 0 unspecified atom stereocenters. The number of hydrogen-bond acceptors (Lipinski definition) is 6. The summed E-state index contributed by atoms with van der Waals surface area (Å²) < 4.78 is 13.1. The number of halogens is 1. The van der Waals surface area contributed by atoms with Gasteiger partial charge in [-0.05, 0) is 63.3 Å². The van der Waals surface area contributed by atoms with Crippen LogP contribution in [0, 0.1) is 22.6 Å². The summed E-state index contributed by atoms with van der Waals surface area (Å²) in [6, 6.07) is 8.20. The number of primary amides is 1. The van der Waals surface area contributed by atoms with Crippen LogP contribution in [0.4, 0.5) is 10.1 Å². The van der Waals surface area contributed by atoms with E-state index in [0.717, 1.165) is 38.0 Å². The zero-order chi connectivity index (χ0) is 22.9. The lowest BCUT2D eigenvalue weighted by molar-refractivity contribution is -0.114. The number of amidine groups is 1. The molecule has 0 atom stereocenters. The lowest BCUT2D eigenvalue weighted by Gasteiger charge is -2.42. The Bertz CT molecular complexity index is 827. The smallest absolute Gasteiger partial charge is 0.253 e. The molecular formula is C22H31FN6OS. The number of nitrogens with two attached hydrogens (primary N) is 1. The van der Waals surface area contributed by atoms with Crippen LogP contribution in [-0.2, 0) is 4.79 Å². The molecule has 1 aliphatic carbocycles. The van der Waals surface area contributed by atoms with Crippen LogP contribution in [0.2, 0.25) is 0 Å². The van der Waals surface area contributed by atoms with Gasteiger partial charge >= 0.3 is 0 Å². The average molecular weight is 447 g/mol. The van der Waals surface area contributed by atoms with E-state index in [-0.39, 0.29) is 11.4 Å². The van der Waals surface area contributed by atoms with Gasteiger partial charge in [0.15, 0.2) is 0 Å². The summed E-state index contributed by atoms with van der Waals surface area (Å²) in [6.45, 7) is 1.03. The van der Waals surface area contributed by atoms with Crippen LogP contribution in [0.1, 0.15) is 32.1 Å². The second-order valence-corrected chi connectivity index (χ2v) is 8.88. The van der Waals surface area contributed by atoms with E-state index in [0.29, 0.717) is 18.2 Å². The van der Waals surface area contributed by atoms with Crippen LogP contribution in [0.3, 0.4) is 0 Å². The van der Waals surface area contributed by atoms with Gasteiger partial charge in [-0.3, -0.25) is 10.2 Å². The Kier molecular flexibility index (Phi) is 9.34. The van der Waals surface area contributed by atoms with Gasteiger partial charge in [0.05, 0.1) is 18.1 Å². The maximum absolute atomic E-state index is 13.1. The van der Waals surface area contributed by atoms with E-state index in [1.54, 1.807) is 0 Å². The standard InChI is InChI=1S/C22H31FN6OS/c1-29(13-14-31-2)18-7-9-22(10-8-18,11-12-24)27-15-19(21(26)30)20(25)28-17-5-3-16(23)4-6-17/h3-6,15,18,27H,7-11,13-14H2,1-2H3,(H2,25,28)(H2,26,30)/b19-15+. The molecule has 0 saturated heterocycles. The predicted molar refractivity (Wildman–Crippen MR) is 124 cm³/mol. The number of rotatable bonds is 10. The molecule has 168 valence electrons. The molecule has 0 aliphatic heterocycles. The molecule has 0 heterocycles. The normalized spacial score (nSPS) is 21.4. The highest BCUT2D eigenvalue weighted by Crippen LogP contribution is 2.33. The first-order valence-electron chi connectivity index (χ1n) is 10.3. The van der Waals surface area contributed by atoms with Crippen molar-refractivity contribution in [2.75, 3.05) is 30.9 Å².